The molecule has 6 heteroatoms. The van der Waals surface area contributed by atoms with Crippen LogP contribution >= 0.6 is 23.2 Å². The van der Waals surface area contributed by atoms with Crippen LogP contribution in [0, 0.1) is 17.5 Å². The molecule has 0 N–H and O–H groups in total. The fourth-order valence-corrected chi connectivity index (χ4v) is 1.93. The Morgan fingerprint density at radius 3 is 1.81 bits per heavy atom. The van der Waals surface area contributed by atoms with E-state index in [2.05, 4.69) is 0 Å². The van der Waals surface area contributed by atoms with Gasteiger partial charge in [0, 0.05) is 13.1 Å². The van der Waals surface area contributed by atoms with Crippen LogP contribution < -0.4 is 4.90 Å². The van der Waals surface area contributed by atoms with Crippen LogP contribution in [-0.4, -0.2) is 13.1 Å². The highest BCUT2D eigenvalue weighted by atomic mass is 35.5. The molecule has 1 aromatic carbocycles. The second-order valence-corrected chi connectivity index (χ2v) is 3.85. The number of rotatable bonds is 3. The van der Waals surface area contributed by atoms with E-state index in [1.807, 2.05) is 0 Å². The van der Waals surface area contributed by atoms with E-state index in [9.17, 15) is 13.2 Å². The molecule has 0 aromatic heterocycles. The Hall–Kier alpha value is -0.610. The van der Waals surface area contributed by atoms with Gasteiger partial charge in [0.25, 0.3) is 0 Å². The van der Waals surface area contributed by atoms with Crippen LogP contribution in [0.3, 0.4) is 0 Å². The normalized spacial score (nSPS) is 10.7. The molecule has 0 fully saturated rings. The van der Waals surface area contributed by atoms with Gasteiger partial charge in [0.05, 0.1) is 5.69 Å². The first-order valence-electron chi connectivity index (χ1n) is 4.72. The summed E-state index contributed by atoms with van der Waals surface area (Å²) in [6.45, 7) is 4.22. The van der Waals surface area contributed by atoms with E-state index in [0.717, 1.165) is 0 Å². The molecule has 0 aliphatic carbocycles. The fourth-order valence-electron chi connectivity index (χ4n) is 1.41. The molecule has 0 aliphatic rings. The number of anilines is 1. The van der Waals surface area contributed by atoms with E-state index in [4.69, 9.17) is 23.2 Å². The molecule has 0 atom stereocenters. The lowest BCUT2D eigenvalue weighted by molar-refractivity contribution is 0.494. The maximum atomic E-state index is 13.6. The molecule has 0 bridgehead atoms. The van der Waals surface area contributed by atoms with Crippen LogP contribution in [0.15, 0.2) is 0 Å². The van der Waals surface area contributed by atoms with Crippen molar-refractivity contribution in [3.8, 4) is 0 Å². The van der Waals surface area contributed by atoms with Gasteiger partial charge in [-0.2, -0.15) is 0 Å². The third kappa shape index (κ3) is 2.09. The van der Waals surface area contributed by atoms with Gasteiger partial charge in [-0.05, 0) is 13.8 Å². The summed E-state index contributed by atoms with van der Waals surface area (Å²) >= 11 is 10.9. The summed E-state index contributed by atoms with van der Waals surface area (Å²) in [7, 11) is 0. The molecular formula is C10H10Cl2F3N. The van der Waals surface area contributed by atoms with Gasteiger partial charge in [0.2, 0.25) is 0 Å². The second-order valence-electron chi connectivity index (χ2n) is 3.09. The van der Waals surface area contributed by atoms with Gasteiger partial charge in [0.15, 0.2) is 17.5 Å². The van der Waals surface area contributed by atoms with Crippen LogP contribution in [0.25, 0.3) is 0 Å². The minimum atomic E-state index is -1.41. The zero-order valence-corrected chi connectivity index (χ0v) is 10.3. The molecule has 0 saturated heterocycles. The summed E-state index contributed by atoms with van der Waals surface area (Å²) in [6, 6.07) is 0. The molecule has 16 heavy (non-hydrogen) atoms. The minimum Gasteiger partial charge on any atom is -0.368 e. The monoisotopic (exact) mass is 271 g/mol. The predicted octanol–water partition coefficient (Wildman–Crippen LogP) is 4.26. The molecule has 1 aromatic rings. The highest BCUT2D eigenvalue weighted by molar-refractivity contribution is 6.36. The van der Waals surface area contributed by atoms with Crippen molar-refractivity contribution in [3.63, 3.8) is 0 Å². The SMILES string of the molecule is CCN(CC)c1c(F)c(F)c(Cl)c(F)c1Cl. The van der Waals surface area contributed by atoms with Gasteiger partial charge in [0.1, 0.15) is 10.0 Å². The Morgan fingerprint density at radius 2 is 1.38 bits per heavy atom. The van der Waals surface area contributed by atoms with Crippen molar-refractivity contribution < 1.29 is 13.2 Å². The first kappa shape index (κ1) is 13.5. The Morgan fingerprint density at radius 1 is 0.875 bits per heavy atom. The van der Waals surface area contributed by atoms with E-state index in [1.165, 1.54) is 4.90 Å². The molecule has 0 unspecified atom stereocenters. The van der Waals surface area contributed by atoms with Gasteiger partial charge in [-0.25, -0.2) is 13.2 Å². The maximum Gasteiger partial charge on any atom is 0.185 e. The quantitative estimate of drug-likeness (QED) is 0.587. The largest absolute Gasteiger partial charge is 0.368 e. The van der Waals surface area contributed by atoms with Crippen molar-refractivity contribution in [2.24, 2.45) is 0 Å². The van der Waals surface area contributed by atoms with Crippen LogP contribution in [0.1, 0.15) is 13.8 Å². The lowest BCUT2D eigenvalue weighted by Crippen LogP contribution is -2.24. The number of hydrogen-bond donors (Lipinski definition) is 0. The second kappa shape index (κ2) is 5.15. The van der Waals surface area contributed by atoms with Gasteiger partial charge in [-0.15, -0.1) is 0 Å². The first-order valence-corrected chi connectivity index (χ1v) is 5.47. The smallest absolute Gasteiger partial charge is 0.185 e. The first-order chi connectivity index (χ1) is 7.45. The van der Waals surface area contributed by atoms with Crippen molar-refractivity contribution in [1.29, 1.82) is 0 Å². The predicted molar refractivity (Wildman–Crippen MR) is 59.9 cm³/mol. The van der Waals surface area contributed by atoms with Gasteiger partial charge >= 0.3 is 0 Å². The molecule has 0 spiro atoms. The summed E-state index contributed by atoms with van der Waals surface area (Å²) in [5.74, 6) is -3.77. The minimum absolute atomic E-state index is 0.286. The average Bonchev–Trinajstić information content (AvgIpc) is 2.29. The molecule has 1 rings (SSSR count). The van der Waals surface area contributed by atoms with E-state index >= 15 is 0 Å². The molecule has 0 aliphatic heterocycles. The van der Waals surface area contributed by atoms with E-state index in [-0.39, 0.29) is 5.69 Å². The standard InChI is InChI=1S/C10H10Cl2F3N/c1-3-16(4-2)10-6(12)7(13)5(11)8(14)9(10)15/h3-4H2,1-2H3. The molecule has 90 valence electrons. The molecular weight excluding hydrogens is 262 g/mol. The van der Waals surface area contributed by atoms with E-state index in [1.54, 1.807) is 13.8 Å². The Bertz CT molecular complexity index is 377. The summed E-state index contributed by atoms with van der Waals surface area (Å²) in [5, 5.41) is -1.41. The average molecular weight is 272 g/mol. The summed E-state index contributed by atoms with van der Waals surface area (Å²) in [5.41, 5.74) is -0.286. The molecule has 0 saturated carbocycles. The lowest BCUT2D eigenvalue weighted by atomic mass is 10.2. The molecule has 0 heterocycles. The zero-order valence-electron chi connectivity index (χ0n) is 8.75. The highest BCUT2D eigenvalue weighted by Gasteiger charge is 2.25. The van der Waals surface area contributed by atoms with Crippen molar-refractivity contribution in [1.82, 2.24) is 0 Å². The van der Waals surface area contributed by atoms with Gasteiger partial charge < -0.3 is 4.90 Å². The number of halogens is 5. The van der Waals surface area contributed by atoms with Crippen LogP contribution in [0.5, 0.6) is 0 Å². The van der Waals surface area contributed by atoms with Crippen molar-refractivity contribution >= 4 is 28.9 Å². The van der Waals surface area contributed by atoms with E-state index < -0.39 is 27.5 Å². The summed E-state index contributed by atoms with van der Waals surface area (Å²) in [4.78, 5) is 1.42. The third-order valence-electron chi connectivity index (χ3n) is 2.27. The molecule has 0 amide bonds. The number of nitrogens with zero attached hydrogens (tertiary/aromatic N) is 1. The van der Waals surface area contributed by atoms with Gasteiger partial charge in [-0.3, -0.25) is 0 Å². The number of benzene rings is 1. The highest BCUT2D eigenvalue weighted by Crippen LogP contribution is 2.37. The van der Waals surface area contributed by atoms with Gasteiger partial charge in [-0.1, -0.05) is 23.2 Å². The van der Waals surface area contributed by atoms with Crippen LogP contribution in [-0.2, 0) is 0 Å². The zero-order chi connectivity index (χ0) is 12.5. The van der Waals surface area contributed by atoms with Crippen LogP contribution in [0.2, 0.25) is 10.0 Å². The fraction of sp³-hybridized carbons (Fsp3) is 0.400. The Kier molecular flexibility index (Phi) is 4.33. The molecule has 0 radical (unpaired) electrons. The Balaban J connectivity index is 3.50. The van der Waals surface area contributed by atoms with Crippen molar-refractivity contribution in [2.75, 3.05) is 18.0 Å². The topological polar surface area (TPSA) is 3.24 Å². The maximum absolute atomic E-state index is 13.6. The van der Waals surface area contributed by atoms with Crippen molar-refractivity contribution in [3.05, 3.63) is 27.5 Å². The summed E-state index contributed by atoms with van der Waals surface area (Å²) in [6.07, 6.45) is 0. The summed E-state index contributed by atoms with van der Waals surface area (Å²) < 4.78 is 40.2. The van der Waals surface area contributed by atoms with Crippen molar-refractivity contribution in [2.45, 2.75) is 13.8 Å². The van der Waals surface area contributed by atoms with E-state index in [0.29, 0.717) is 13.1 Å². The third-order valence-corrected chi connectivity index (χ3v) is 2.94. The Labute approximate surface area is 102 Å². The van der Waals surface area contributed by atoms with Crippen LogP contribution in [0.4, 0.5) is 18.9 Å². The molecule has 1 nitrogen and oxygen atoms in total. The number of hydrogen-bond acceptors (Lipinski definition) is 1. The lowest BCUT2D eigenvalue weighted by Gasteiger charge is -2.23.